The minimum absolute atomic E-state index is 0.0283. The zero-order chi connectivity index (χ0) is 12.6. The van der Waals surface area contributed by atoms with Crippen molar-refractivity contribution < 1.29 is 9.84 Å². The number of aliphatic hydroxyl groups is 1. The number of hydrogen-bond donors (Lipinski definition) is 1. The molecule has 2 nitrogen and oxygen atoms in total. The van der Waals surface area contributed by atoms with Gasteiger partial charge in [0, 0.05) is 11.4 Å². The highest BCUT2D eigenvalue weighted by Crippen LogP contribution is 2.23. The van der Waals surface area contributed by atoms with Crippen LogP contribution in [0, 0.1) is 0 Å². The summed E-state index contributed by atoms with van der Waals surface area (Å²) in [5.41, 5.74) is 1.22. The zero-order valence-corrected chi connectivity index (χ0v) is 11.5. The van der Waals surface area contributed by atoms with Crippen molar-refractivity contribution in [3.8, 4) is 0 Å². The average molecular weight is 254 g/mol. The Kier molecular flexibility index (Phi) is 6.63. The van der Waals surface area contributed by atoms with Gasteiger partial charge in [-0.2, -0.15) is 11.8 Å². The fourth-order valence-corrected chi connectivity index (χ4v) is 2.23. The molecule has 0 fully saturated rings. The molecule has 0 aliphatic rings. The molecular weight excluding hydrogens is 232 g/mol. The van der Waals surface area contributed by atoms with Crippen LogP contribution in [0.2, 0.25) is 0 Å². The van der Waals surface area contributed by atoms with E-state index in [0.717, 1.165) is 18.8 Å². The first-order valence-corrected chi connectivity index (χ1v) is 6.99. The number of ether oxygens (including phenoxy) is 1. The van der Waals surface area contributed by atoms with Crippen LogP contribution >= 0.6 is 11.8 Å². The summed E-state index contributed by atoms with van der Waals surface area (Å²) < 4.78 is 5.56. The first-order valence-electron chi connectivity index (χ1n) is 6.00. The highest BCUT2D eigenvalue weighted by Gasteiger charge is 2.15. The molecule has 0 aliphatic heterocycles. The Hall–Kier alpha value is -0.510. The van der Waals surface area contributed by atoms with E-state index in [1.165, 1.54) is 5.56 Å². The summed E-state index contributed by atoms with van der Waals surface area (Å²) in [7, 11) is 0. The summed E-state index contributed by atoms with van der Waals surface area (Å²) in [6.45, 7) is 5.81. The Morgan fingerprint density at radius 1 is 1.24 bits per heavy atom. The lowest BCUT2D eigenvalue weighted by Gasteiger charge is -2.20. The molecule has 0 amide bonds. The van der Waals surface area contributed by atoms with Gasteiger partial charge in [-0.1, -0.05) is 30.3 Å². The molecule has 3 heteroatoms. The molecule has 0 unspecified atom stereocenters. The van der Waals surface area contributed by atoms with Crippen LogP contribution in [0.4, 0.5) is 0 Å². The van der Waals surface area contributed by atoms with Gasteiger partial charge in [-0.05, 0) is 31.6 Å². The van der Waals surface area contributed by atoms with Gasteiger partial charge in [0.1, 0.15) is 0 Å². The van der Waals surface area contributed by atoms with Crippen molar-refractivity contribution in [1.29, 1.82) is 0 Å². The maximum absolute atomic E-state index is 9.09. The first kappa shape index (κ1) is 14.6. The van der Waals surface area contributed by atoms with Gasteiger partial charge < -0.3 is 9.84 Å². The van der Waals surface area contributed by atoms with Gasteiger partial charge in [0.05, 0.1) is 13.2 Å². The van der Waals surface area contributed by atoms with E-state index in [1.54, 1.807) is 11.8 Å². The lowest BCUT2D eigenvalue weighted by molar-refractivity contribution is 0.122. The Labute approximate surface area is 108 Å². The normalized spacial score (nSPS) is 11.7. The van der Waals surface area contributed by atoms with E-state index >= 15 is 0 Å². The molecule has 96 valence electrons. The average Bonchev–Trinajstić information content (AvgIpc) is 2.35. The molecule has 0 atom stereocenters. The molecular formula is C14H22O2S. The van der Waals surface area contributed by atoms with Crippen molar-refractivity contribution in [2.45, 2.75) is 31.6 Å². The van der Waals surface area contributed by atoms with Gasteiger partial charge in [-0.3, -0.25) is 0 Å². The predicted molar refractivity (Wildman–Crippen MR) is 74.3 cm³/mol. The molecule has 0 saturated carbocycles. The molecule has 1 N–H and O–H groups in total. The number of rotatable bonds is 8. The van der Waals surface area contributed by atoms with E-state index in [0.29, 0.717) is 6.61 Å². The Bertz CT molecular complexity index is 298. The summed E-state index contributed by atoms with van der Waals surface area (Å²) in [6.07, 6.45) is 1.03. The third-order valence-electron chi connectivity index (χ3n) is 2.42. The number of hydrogen-bond acceptors (Lipinski definition) is 3. The zero-order valence-electron chi connectivity index (χ0n) is 10.7. The van der Waals surface area contributed by atoms with Crippen molar-refractivity contribution in [3.63, 3.8) is 0 Å². The highest BCUT2D eigenvalue weighted by molar-refractivity contribution is 8.00. The van der Waals surface area contributed by atoms with Crippen molar-refractivity contribution in [1.82, 2.24) is 0 Å². The quantitative estimate of drug-likeness (QED) is 0.723. The lowest BCUT2D eigenvalue weighted by Crippen LogP contribution is -2.20. The van der Waals surface area contributed by atoms with E-state index in [2.05, 4.69) is 26.0 Å². The van der Waals surface area contributed by atoms with Gasteiger partial charge in [0.2, 0.25) is 0 Å². The van der Waals surface area contributed by atoms with Crippen LogP contribution in [0.5, 0.6) is 0 Å². The molecule has 17 heavy (non-hydrogen) atoms. The van der Waals surface area contributed by atoms with E-state index in [1.807, 2.05) is 18.2 Å². The molecule has 1 aromatic rings. The van der Waals surface area contributed by atoms with E-state index < -0.39 is 0 Å². The van der Waals surface area contributed by atoms with Crippen molar-refractivity contribution in [3.05, 3.63) is 35.9 Å². The van der Waals surface area contributed by atoms with Crippen LogP contribution in [0.15, 0.2) is 30.3 Å². The fraction of sp³-hybridized carbons (Fsp3) is 0.571. The molecule has 0 aromatic heterocycles. The van der Waals surface area contributed by atoms with Crippen LogP contribution in [0.1, 0.15) is 25.8 Å². The van der Waals surface area contributed by atoms with Crippen LogP contribution < -0.4 is 0 Å². The maximum Gasteiger partial charge on any atom is 0.0716 e. The molecule has 0 saturated heterocycles. The first-order chi connectivity index (χ1) is 8.14. The summed E-state index contributed by atoms with van der Waals surface area (Å²) in [5.74, 6) is 1.03. The van der Waals surface area contributed by atoms with Crippen molar-refractivity contribution in [2.24, 2.45) is 0 Å². The molecule has 0 spiro atoms. The Balaban J connectivity index is 2.02. The van der Waals surface area contributed by atoms with Crippen molar-refractivity contribution in [2.75, 3.05) is 19.0 Å². The largest absolute Gasteiger partial charge is 0.395 e. The lowest BCUT2D eigenvalue weighted by atomic mass is 10.2. The smallest absolute Gasteiger partial charge is 0.0716 e. The van der Waals surface area contributed by atoms with Gasteiger partial charge in [-0.15, -0.1) is 0 Å². The highest BCUT2D eigenvalue weighted by atomic mass is 32.2. The summed E-state index contributed by atoms with van der Waals surface area (Å²) in [4.78, 5) is 0. The second kappa shape index (κ2) is 7.75. The predicted octanol–water partition coefficient (Wildman–Crippen LogP) is 3.10. The molecule has 0 bridgehead atoms. The third-order valence-corrected chi connectivity index (χ3v) is 3.82. The summed E-state index contributed by atoms with van der Waals surface area (Å²) >= 11 is 1.79. The minimum Gasteiger partial charge on any atom is -0.395 e. The van der Waals surface area contributed by atoms with Crippen LogP contribution in [-0.2, 0) is 11.3 Å². The molecule has 1 aromatic carbocycles. The van der Waals surface area contributed by atoms with Gasteiger partial charge >= 0.3 is 0 Å². The Morgan fingerprint density at radius 2 is 1.94 bits per heavy atom. The third kappa shape index (κ3) is 6.71. The Morgan fingerprint density at radius 3 is 2.59 bits per heavy atom. The van der Waals surface area contributed by atoms with E-state index in [4.69, 9.17) is 9.84 Å². The van der Waals surface area contributed by atoms with Crippen LogP contribution in [0.25, 0.3) is 0 Å². The van der Waals surface area contributed by atoms with Crippen LogP contribution in [0.3, 0.4) is 0 Å². The van der Waals surface area contributed by atoms with Crippen LogP contribution in [-0.4, -0.2) is 28.8 Å². The minimum atomic E-state index is -0.0283. The maximum atomic E-state index is 9.09. The second-order valence-electron chi connectivity index (χ2n) is 4.66. The van der Waals surface area contributed by atoms with E-state index in [-0.39, 0.29) is 11.4 Å². The van der Waals surface area contributed by atoms with Crippen molar-refractivity contribution >= 4 is 11.8 Å². The number of aliphatic hydroxyl groups excluding tert-OH is 1. The molecule has 0 heterocycles. The summed E-state index contributed by atoms with van der Waals surface area (Å²) in [5, 5.41) is 9.09. The summed E-state index contributed by atoms with van der Waals surface area (Å²) in [6, 6.07) is 10.2. The molecule has 1 rings (SSSR count). The van der Waals surface area contributed by atoms with Gasteiger partial charge in [-0.25, -0.2) is 0 Å². The molecule has 0 aliphatic carbocycles. The monoisotopic (exact) mass is 254 g/mol. The topological polar surface area (TPSA) is 29.5 Å². The second-order valence-corrected chi connectivity index (χ2v) is 6.46. The molecule has 0 radical (unpaired) electrons. The van der Waals surface area contributed by atoms with Gasteiger partial charge in [0.15, 0.2) is 0 Å². The standard InChI is InChI=1S/C14H22O2S/c1-14(2,12-15)17-10-6-9-16-11-13-7-4-3-5-8-13/h3-5,7-8,15H,6,9-12H2,1-2H3. The van der Waals surface area contributed by atoms with Gasteiger partial charge in [0.25, 0.3) is 0 Å². The number of benzene rings is 1. The SMILES string of the molecule is CC(C)(CO)SCCCOCc1ccccc1. The van der Waals surface area contributed by atoms with E-state index in [9.17, 15) is 0 Å². The number of thioether (sulfide) groups is 1. The fourth-order valence-electron chi connectivity index (χ4n) is 1.32.